The Morgan fingerprint density at radius 3 is 2.13 bits per heavy atom. The lowest BCUT2D eigenvalue weighted by Gasteiger charge is -2.38. The lowest BCUT2D eigenvalue weighted by Crippen LogP contribution is -2.51. The third-order valence-electron chi connectivity index (χ3n) is 4.93. The zero-order chi connectivity index (χ0) is 15.8. The molecule has 1 saturated heterocycles. The van der Waals surface area contributed by atoms with Gasteiger partial charge in [-0.15, -0.1) is 0 Å². The van der Waals surface area contributed by atoms with Gasteiger partial charge in [-0.05, 0) is 25.1 Å². The predicted molar refractivity (Wildman–Crippen MR) is 94.9 cm³/mol. The van der Waals surface area contributed by atoms with E-state index in [1.54, 1.807) is 0 Å². The highest BCUT2D eigenvalue weighted by molar-refractivity contribution is 6.13. The fourth-order valence-electron chi connectivity index (χ4n) is 3.63. The maximum Gasteiger partial charge on any atom is 0.237 e. The summed E-state index contributed by atoms with van der Waals surface area (Å²) in [6.45, 7) is 5.13. The number of aromatic nitrogens is 1. The average molecular weight is 306 g/mol. The molecule has 0 unspecified atom stereocenters. The maximum atomic E-state index is 13.1. The maximum absolute atomic E-state index is 13.1. The summed E-state index contributed by atoms with van der Waals surface area (Å²) in [6.07, 6.45) is 2.43. The molecule has 1 aromatic heterocycles. The van der Waals surface area contributed by atoms with Crippen LogP contribution in [0.2, 0.25) is 0 Å². The third kappa shape index (κ3) is 2.36. The van der Waals surface area contributed by atoms with Gasteiger partial charge in [0.05, 0.1) is 17.0 Å². The number of hydrogen-bond donors (Lipinski definition) is 0. The Balaban J connectivity index is 1.69. The van der Waals surface area contributed by atoms with Crippen LogP contribution in [0.4, 0.5) is 0 Å². The molecule has 0 bridgehead atoms. The normalized spacial score (nSPS) is 16.0. The summed E-state index contributed by atoms with van der Waals surface area (Å²) in [5, 5.41) is 2.33. The monoisotopic (exact) mass is 306 g/mol. The second-order valence-electron chi connectivity index (χ2n) is 6.52. The molecule has 0 N–H and O–H groups in total. The van der Waals surface area contributed by atoms with Crippen LogP contribution < -0.4 is 0 Å². The van der Waals surface area contributed by atoms with Crippen molar-refractivity contribution in [3.05, 3.63) is 48.5 Å². The molecule has 3 nitrogen and oxygen atoms in total. The SMILES string of the molecule is CCCCN1CC(C(=O)n2c3ccccc3c3ccccc32)C1. The van der Waals surface area contributed by atoms with Crippen molar-refractivity contribution >= 4 is 27.7 Å². The molecule has 3 aromatic rings. The van der Waals surface area contributed by atoms with Gasteiger partial charge in [-0.2, -0.15) is 0 Å². The van der Waals surface area contributed by atoms with E-state index >= 15 is 0 Å². The number of para-hydroxylation sites is 2. The lowest BCUT2D eigenvalue weighted by molar-refractivity contribution is 0.0544. The van der Waals surface area contributed by atoms with Crippen molar-refractivity contribution in [2.24, 2.45) is 5.92 Å². The summed E-state index contributed by atoms with van der Waals surface area (Å²) in [4.78, 5) is 15.5. The zero-order valence-corrected chi connectivity index (χ0v) is 13.5. The Kier molecular flexibility index (Phi) is 3.66. The molecule has 0 atom stereocenters. The summed E-state index contributed by atoms with van der Waals surface area (Å²) in [6, 6.07) is 16.4. The van der Waals surface area contributed by atoms with Crippen LogP contribution in [-0.2, 0) is 0 Å². The quantitative estimate of drug-likeness (QED) is 0.723. The van der Waals surface area contributed by atoms with Gasteiger partial charge >= 0.3 is 0 Å². The number of nitrogens with zero attached hydrogens (tertiary/aromatic N) is 2. The first kappa shape index (κ1) is 14.5. The van der Waals surface area contributed by atoms with Crippen LogP contribution in [0.3, 0.4) is 0 Å². The first-order chi connectivity index (χ1) is 11.3. The summed E-state index contributed by atoms with van der Waals surface area (Å²) < 4.78 is 1.94. The van der Waals surface area contributed by atoms with Crippen molar-refractivity contribution in [1.29, 1.82) is 0 Å². The van der Waals surface area contributed by atoms with E-state index in [0.717, 1.165) is 30.7 Å². The summed E-state index contributed by atoms with van der Waals surface area (Å²) in [5.41, 5.74) is 2.07. The van der Waals surface area contributed by atoms with E-state index in [0.29, 0.717) is 0 Å². The summed E-state index contributed by atoms with van der Waals surface area (Å²) in [7, 11) is 0. The minimum absolute atomic E-state index is 0.131. The fourth-order valence-corrected chi connectivity index (χ4v) is 3.63. The van der Waals surface area contributed by atoms with E-state index in [4.69, 9.17) is 0 Å². The standard InChI is InChI=1S/C20H22N2O/c1-2-3-12-21-13-15(14-21)20(23)22-18-10-6-4-8-16(18)17-9-5-7-11-19(17)22/h4-11,15H,2-3,12-14H2,1H3. The highest BCUT2D eigenvalue weighted by Crippen LogP contribution is 2.30. The van der Waals surface area contributed by atoms with E-state index in [-0.39, 0.29) is 11.8 Å². The van der Waals surface area contributed by atoms with E-state index < -0.39 is 0 Å². The minimum atomic E-state index is 0.131. The van der Waals surface area contributed by atoms with Crippen LogP contribution >= 0.6 is 0 Å². The number of carbonyl (C=O) groups excluding carboxylic acids is 1. The van der Waals surface area contributed by atoms with Crippen molar-refractivity contribution in [3.8, 4) is 0 Å². The molecule has 1 aliphatic heterocycles. The molecule has 2 heterocycles. The molecule has 0 spiro atoms. The van der Waals surface area contributed by atoms with Crippen molar-refractivity contribution in [2.75, 3.05) is 19.6 Å². The van der Waals surface area contributed by atoms with Crippen LogP contribution in [0.25, 0.3) is 21.8 Å². The number of carbonyl (C=O) groups is 1. The second kappa shape index (κ2) is 5.82. The Morgan fingerprint density at radius 2 is 1.57 bits per heavy atom. The predicted octanol–water partition coefficient (Wildman–Crippen LogP) is 4.17. The van der Waals surface area contributed by atoms with Crippen LogP contribution in [0, 0.1) is 5.92 Å². The van der Waals surface area contributed by atoms with Crippen LogP contribution in [0.5, 0.6) is 0 Å². The van der Waals surface area contributed by atoms with Gasteiger partial charge in [0.1, 0.15) is 0 Å². The average Bonchev–Trinajstić information content (AvgIpc) is 2.88. The van der Waals surface area contributed by atoms with Crippen molar-refractivity contribution < 1.29 is 4.79 Å². The molecular formula is C20H22N2O. The molecular weight excluding hydrogens is 284 g/mol. The number of hydrogen-bond acceptors (Lipinski definition) is 2. The molecule has 118 valence electrons. The van der Waals surface area contributed by atoms with Gasteiger partial charge in [0.2, 0.25) is 5.91 Å². The summed E-state index contributed by atoms with van der Waals surface area (Å²) >= 11 is 0. The van der Waals surface area contributed by atoms with Gasteiger partial charge in [0.25, 0.3) is 0 Å². The molecule has 0 radical (unpaired) electrons. The molecule has 1 fully saturated rings. The molecule has 4 rings (SSSR count). The van der Waals surface area contributed by atoms with Gasteiger partial charge in [0, 0.05) is 23.9 Å². The number of rotatable bonds is 4. The Morgan fingerprint density at radius 1 is 1.00 bits per heavy atom. The molecule has 0 aliphatic carbocycles. The van der Waals surface area contributed by atoms with Crippen LogP contribution in [0.15, 0.2) is 48.5 Å². The van der Waals surface area contributed by atoms with Crippen LogP contribution in [-0.4, -0.2) is 35.0 Å². The molecule has 0 amide bonds. The first-order valence-corrected chi connectivity index (χ1v) is 8.54. The molecule has 23 heavy (non-hydrogen) atoms. The number of benzene rings is 2. The topological polar surface area (TPSA) is 25.2 Å². The highest BCUT2D eigenvalue weighted by Gasteiger charge is 2.34. The largest absolute Gasteiger partial charge is 0.302 e. The number of likely N-dealkylation sites (tertiary alicyclic amines) is 1. The Labute approximate surface area is 136 Å². The number of unbranched alkanes of at least 4 members (excludes halogenated alkanes) is 1. The Bertz CT molecular complexity index is 805. The smallest absolute Gasteiger partial charge is 0.237 e. The van der Waals surface area contributed by atoms with Crippen LogP contribution in [0.1, 0.15) is 24.6 Å². The van der Waals surface area contributed by atoms with Gasteiger partial charge in [-0.25, -0.2) is 0 Å². The molecule has 2 aromatic carbocycles. The second-order valence-corrected chi connectivity index (χ2v) is 6.52. The van der Waals surface area contributed by atoms with Crippen molar-refractivity contribution in [1.82, 2.24) is 9.47 Å². The van der Waals surface area contributed by atoms with Gasteiger partial charge in [0.15, 0.2) is 0 Å². The minimum Gasteiger partial charge on any atom is -0.302 e. The van der Waals surface area contributed by atoms with Gasteiger partial charge in [-0.3, -0.25) is 9.36 Å². The Hall–Kier alpha value is -2.13. The molecule has 3 heteroatoms. The van der Waals surface area contributed by atoms with Crippen molar-refractivity contribution in [3.63, 3.8) is 0 Å². The van der Waals surface area contributed by atoms with E-state index in [9.17, 15) is 4.79 Å². The molecule has 0 saturated carbocycles. The summed E-state index contributed by atoms with van der Waals surface area (Å²) in [5.74, 6) is 0.376. The van der Waals surface area contributed by atoms with Crippen molar-refractivity contribution in [2.45, 2.75) is 19.8 Å². The van der Waals surface area contributed by atoms with E-state index in [1.165, 1.54) is 23.6 Å². The van der Waals surface area contributed by atoms with E-state index in [1.807, 2.05) is 28.8 Å². The highest BCUT2D eigenvalue weighted by atomic mass is 16.2. The van der Waals surface area contributed by atoms with E-state index in [2.05, 4.69) is 36.1 Å². The fraction of sp³-hybridized carbons (Fsp3) is 0.350. The van der Waals surface area contributed by atoms with Gasteiger partial charge in [-0.1, -0.05) is 49.7 Å². The lowest BCUT2D eigenvalue weighted by atomic mass is 9.98. The first-order valence-electron chi connectivity index (χ1n) is 8.54. The third-order valence-corrected chi connectivity index (χ3v) is 4.93. The zero-order valence-electron chi connectivity index (χ0n) is 13.5. The molecule has 1 aliphatic rings. The number of fused-ring (bicyclic) bond motifs is 3. The van der Waals surface area contributed by atoms with Gasteiger partial charge < -0.3 is 4.90 Å².